The van der Waals surface area contributed by atoms with Gasteiger partial charge in [-0.3, -0.25) is 14.2 Å². The van der Waals surface area contributed by atoms with Crippen LogP contribution < -0.4 is 16.6 Å². The number of benzene rings is 2. The predicted molar refractivity (Wildman–Crippen MR) is 126 cm³/mol. The first-order valence-corrected chi connectivity index (χ1v) is 11.0. The van der Waals surface area contributed by atoms with E-state index in [4.69, 9.17) is 0 Å². The molecule has 0 unspecified atom stereocenters. The predicted octanol–water partition coefficient (Wildman–Crippen LogP) is 4.03. The number of hydrogen-bond donors (Lipinski definition) is 1. The van der Waals surface area contributed by atoms with Crippen LogP contribution in [-0.2, 0) is 17.8 Å². The quantitative estimate of drug-likeness (QED) is 0.516. The van der Waals surface area contributed by atoms with E-state index in [1.54, 1.807) is 29.6 Å². The van der Waals surface area contributed by atoms with Gasteiger partial charge in [-0.1, -0.05) is 37.3 Å². The monoisotopic (exact) mass is 433 g/mol. The summed E-state index contributed by atoms with van der Waals surface area (Å²) in [6.07, 6.45) is 0.782. The number of amides is 1. The van der Waals surface area contributed by atoms with Crippen LogP contribution in [0.1, 0.15) is 23.6 Å². The third-order valence-electron chi connectivity index (χ3n) is 5.32. The highest BCUT2D eigenvalue weighted by atomic mass is 32.1. The summed E-state index contributed by atoms with van der Waals surface area (Å²) in [5.74, 6) is -0.312. The number of aromatic nitrogens is 2. The summed E-state index contributed by atoms with van der Waals surface area (Å²) in [6.45, 7) is 5.69. The molecular weight excluding hydrogens is 410 g/mol. The van der Waals surface area contributed by atoms with Crippen LogP contribution >= 0.6 is 11.3 Å². The maximum absolute atomic E-state index is 13.3. The molecule has 7 heteroatoms. The van der Waals surface area contributed by atoms with E-state index in [2.05, 4.69) is 5.32 Å². The molecule has 0 aliphatic rings. The number of carbonyl (C=O) groups is 1. The van der Waals surface area contributed by atoms with Crippen molar-refractivity contribution in [1.82, 2.24) is 9.13 Å². The lowest BCUT2D eigenvalue weighted by atomic mass is 10.1. The molecule has 0 aliphatic heterocycles. The summed E-state index contributed by atoms with van der Waals surface area (Å²) in [6, 6.07) is 14.8. The Balaban J connectivity index is 1.80. The van der Waals surface area contributed by atoms with E-state index in [0.29, 0.717) is 15.9 Å². The second-order valence-corrected chi connectivity index (χ2v) is 8.41. The molecule has 0 bridgehead atoms. The van der Waals surface area contributed by atoms with Crippen LogP contribution in [0.2, 0.25) is 0 Å². The van der Waals surface area contributed by atoms with Gasteiger partial charge in [0, 0.05) is 5.69 Å². The van der Waals surface area contributed by atoms with E-state index in [1.807, 2.05) is 45.0 Å². The number of nitrogens with one attached hydrogen (secondary N) is 1. The second-order valence-electron chi connectivity index (χ2n) is 7.49. The molecule has 4 rings (SSSR count). The minimum atomic E-state index is -0.530. The summed E-state index contributed by atoms with van der Waals surface area (Å²) in [5.41, 5.74) is 3.77. The molecule has 0 spiro atoms. The molecule has 0 aliphatic carbocycles. The highest BCUT2D eigenvalue weighted by Gasteiger charge is 2.18. The number of para-hydroxylation sites is 1. The molecule has 2 aromatic carbocycles. The molecule has 4 aromatic rings. The Bertz CT molecular complexity index is 1410. The first-order valence-electron chi connectivity index (χ1n) is 10.1. The lowest BCUT2D eigenvalue weighted by molar-refractivity contribution is -0.116. The van der Waals surface area contributed by atoms with Crippen molar-refractivity contribution in [1.29, 1.82) is 0 Å². The molecule has 0 saturated heterocycles. The topological polar surface area (TPSA) is 73.1 Å². The van der Waals surface area contributed by atoms with Crippen molar-refractivity contribution in [2.24, 2.45) is 0 Å². The van der Waals surface area contributed by atoms with Gasteiger partial charge in [0.25, 0.3) is 5.56 Å². The molecule has 2 heterocycles. The number of hydrogen-bond acceptors (Lipinski definition) is 4. The van der Waals surface area contributed by atoms with Gasteiger partial charge in [0.2, 0.25) is 5.91 Å². The molecule has 1 amide bonds. The Kier molecular flexibility index (Phi) is 5.61. The van der Waals surface area contributed by atoms with Crippen LogP contribution in [-0.4, -0.2) is 15.0 Å². The van der Waals surface area contributed by atoms with Gasteiger partial charge in [-0.25, -0.2) is 9.36 Å². The SMILES string of the molecule is CCc1cccc(C)c1NC(=O)Cn1c(=O)n(-c2cccc(C)c2)c(=O)c2sccc21. The van der Waals surface area contributed by atoms with Crippen molar-refractivity contribution < 1.29 is 4.79 Å². The summed E-state index contributed by atoms with van der Waals surface area (Å²) in [5, 5.41) is 4.72. The smallest absolute Gasteiger partial charge is 0.324 e. The summed E-state index contributed by atoms with van der Waals surface area (Å²) < 4.78 is 2.96. The molecule has 6 nitrogen and oxygen atoms in total. The second kappa shape index (κ2) is 8.35. The number of rotatable bonds is 5. The lowest BCUT2D eigenvalue weighted by Gasteiger charge is -2.15. The van der Waals surface area contributed by atoms with Gasteiger partial charge in [-0.15, -0.1) is 11.3 Å². The fourth-order valence-corrected chi connectivity index (χ4v) is 4.58. The van der Waals surface area contributed by atoms with Crippen molar-refractivity contribution in [3.05, 3.63) is 91.4 Å². The van der Waals surface area contributed by atoms with Crippen molar-refractivity contribution in [2.45, 2.75) is 33.7 Å². The molecule has 0 radical (unpaired) electrons. The standard InChI is InChI=1S/C24H23N3O3S/c1-4-17-9-6-8-16(3)21(17)25-20(28)14-26-19-11-12-31-22(19)23(29)27(24(26)30)18-10-5-7-15(2)13-18/h5-13H,4,14H2,1-3H3,(H,25,28). The Morgan fingerprint density at radius 2 is 1.84 bits per heavy atom. The van der Waals surface area contributed by atoms with Gasteiger partial charge >= 0.3 is 5.69 Å². The molecule has 31 heavy (non-hydrogen) atoms. The number of aryl methyl sites for hydroxylation is 3. The van der Waals surface area contributed by atoms with E-state index in [0.717, 1.165) is 33.4 Å². The number of fused-ring (bicyclic) bond motifs is 1. The molecular formula is C24H23N3O3S. The Morgan fingerprint density at radius 3 is 2.58 bits per heavy atom. The van der Waals surface area contributed by atoms with E-state index in [1.165, 1.54) is 15.9 Å². The third kappa shape index (κ3) is 3.84. The van der Waals surface area contributed by atoms with Gasteiger partial charge < -0.3 is 5.32 Å². The Hall–Kier alpha value is -3.45. The van der Waals surface area contributed by atoms with Crippen molar-refractivity contribution in [3.8, 4) is 5.69 Å². The number of thiophene rings is 1. The number of nitrogens with zero attached hydrogens (tertiary/aromatic N) is 2. The zero-order chi connectivity index (χ0) is 22.1. The average Bonchev–Trinajstić information content (AvgIpc) is 3.23. The van der Waals surface area contributed by atoms with E-state index in [9.17, 15) is 14.4 Å². The van der Waals surface area contributed by atoms with Crippen LogP contribution in [0, 0.1) is 13.8 Å². The van der Waals surface area contributed by atoms with E-state index < -0.39 is 5.69 Å². The van der Waals surface area contributed by atoms with Crippen molar-refractivity contribution in [3.63, 3.8) is 0 Å². The Labute approximate surface area is 183 Å². The van der Waals surface area contributed by atoms with Gasteiger partial charge in [0.05, 0.1) is 11.2 Å². The van der Waals surface area contributed by atoms with Crippen LogP contribution in [0.15, 0.2) is 63.5 Å². The highest BCUT2D eigenvalue weighted by Crippen LogP contribution is 2.22. The lowest BCUT2D eigenvalue weighted by Crippen LogP contribution is -2.40. The van der Waals surface area contributed by atoms with Crippen molar-refractivity contribution >= 4 is 33.1 Å². The van der Waals surface area contributed by atoms with E-state index >= 15 is 0 Å². The van der Waals surface area contributed by atoms with Gasteiger partial charge in [-0.2, -0.15) is 0 Å². The molecule has 0 fully saturated rings. The summed E-state index contributed by atoms with van der Waals surface area (Å²) in [7, 11) is 0. The zero-order valence-corrected chi connectivity index (χ0v) is 18.5. The first-order chi connectivity index (χ1) is 14.9. The van der Waals surface area contributed by atoms with Gasteiger partial charge in [-0.05, 0) is 60.5 Å². The average molecular weight is 434 g/mol. The first kappa shape index (κ1) is 20.8. The van der Waals surface area contributed by atoms with Crippen LogP contribution in [0.4, 0.5) is 5.69 Å². The maximum Gasteiger partial charge on any atom is 0.336 e. The van der Waals surface area contributed by atoms with E-state index in [-0.39, 0.29) is 18.0 Å². The highest BCUT2D eigenvalue weighted by molar-refractivity contribution is 7.17. The molecule has 2 aromatic heterocycles. The molecule has 0 saturated carbocycles. The molecule has 158 valence electrons. The van der Waals surface area contributed by atoms with Crippen LogP contribution in [0.5, 0.6) is 0 Å². The maximum atomic E-state index is 13.3. The Morgan fingerprint density at radius 1 is 1.06 bits per heavy atom. The minimum Gasteiger partial charge on any atom is -0.324 e. The molecule has 0 atom stereocenters. The van der Waals surface area contributed by atoms with Gasteiger partial charge in [0.15, 0.2) is 0 Å². The van der Waals surface area contributed by atoms with Crippen molar-refractivity contribution in [2.75, 3.05) is 5.32 Å². The fourth-order valence-electron chi connectivity index (χ4n) is 3.76. The summed E-state index contributed by atoms with van der Waals surface area (Å²) >= 11 is 1.26. The normalized spacial score (nSPS) is 11.1. The minimum absolute atomic E-state index is 0.185. The molecule has 1 N–H and O–H groups in total. The van der Waals surface area contributed by atoms with Crippen LogP contribution in [0.3, 0.4) is 0 Å². The third-order valence-corrected chi connectivity index (χ3v) is 6.21. The van der Waals surface area contributed by atoms with Gasteiger partial charge in [0.1, 0.15) is 11.2 Å². The zero-order valence-electron chi connectivity index (χ0n) is 17.6. The summed E-state index contributed by atoms with van der Waals surface area (Å²) in [4.78, 5) is 39.3. The number of anilines is 1. The number of carbonyl (C=O) groups excluding carboxylic acids is 1. The fraction of sp³-hybridized carbons (Fsp3) is 0.208. The van der Waals surface area contributed by atoms with Crippen LogP contribution in [0.25, 0.3) is 15.9 Å². The largest absolute Gasteiger partial charge is 0.336 e.